The van der Waals surface area contributed by atoms with Crippen molar-refractivity contribution in [3.63, 3.8) is 0 Å². The van der Waals surface area contributed by atoms with Gasteiger partial charge in [-0.2, -0.15) is 0 Å². The second-order valence-electron chi connectivity index (χ2n) is 4.31. The van der Waals surface area contributed by atoms with E-state index in [2.05, 4.69) is 34.7 Å². The quantitative estimate of drug-likeness (QED) is 0.595. The average Bonchev–Trinajstić information content (AvgIpc) is 2.41. The van der Waals surface area contributed by atoms with Crippen molar-refractivity contribution in [3.8, 4) is 0 Å². The van der Waals surface area contributed by atoms with Crippen LogP contribution >= 0.6 is 0 Å². The number of hydrogen-bond acceptors (Lipinski definition) is 2. The highest BCUT2D eigenvalue weighted by Gasteiger charge is 2.03. The van der Waals surface area contributed by atoms with Gasteiger partial charge >= 0.3 is 0 Å². The number of ether oxygens (including phenoxy) is 1. The zero-order valence-corrected chi connectivity index (χ0v) is 11.4. The number of hydrogen-bond donors (Lipinski definition) is 2. The Hall–Kier alpha value is -1.55. The van der Waals surface area contributed by atoms with E-state index in [1.807, 2.05) is 25.2 Å². The third-order valence-corrected chi connectivity index (χ3v) is 2.59. The Morgan fingerprint density at radius 2 is 2.06 bits per heavy atom. The van der Waals surface area contributed by atoms with Gasteiger partial charge in [0.2, 0.25) is 0 Å². The molecule has 0 fully saturated rings. The van der Waals surface area contributed by atoms with Crippen molar-refractivity contribution < 1.29 is 4.74 Å². The van der Waals surface area contributed by atoms with Gasteiger partial charge in [0.15, 0.2) is 5.96 Å². The minimum absolute atomic E-state index is 0.443. The van der Waals surface area contributed by atoms with Crippen molar-refractivity contribution in [1.82, 2.24) is 10.6 Å². The van der Waals surface area contributed by atoms with Crippen LogP contribution in [0.3, 0.4) is 0 Å². The maximum atomic E-state index is 5.68. The number of nitrogens with zero attached hydrogens (tertiary/aromatic N) is 1. The lowest BCUT2D eigenvalue weighted by Crippen LogP contribution is -2.38. The Morgan fingerprint density at radius 1 is 1.33 bits per heavy atom. The first-order chi connectivity index (χ1) is 8.76. The largest absolute Gasteiger partial charge is 0.376 e. The molecule has 0 aliphatic carbocycles. The van der Waals surface area contributed by atoms with Crippen molar-refractivity contribution in [2.75, 3.05) is 27.2 Å². The highest BCUT2D eigenvalue weighted by atomic mass is 16.5. The summed E-state index contributed by atoms with van der Waals surface area (Å²) in [6.45, 7) is 4.41. The van der Waals surface area contributed by atoms with Crippen LogP contribution in [0.25, 0.3) is 0 Å². The summed E-state index contributed by atoms with van der Waals surface area (Å²) in [6.07, 6.45) is 0. The zero-order chi connectivity index (χ0) is 13.2. The predicted molar refractivity (Wildman–Crippen MR) is 75.7 cm³/mol. The molecule has 2 N–H and O–H groups in total. The van der Waals surface area contributed by atoms with Gasteiger partial charge in [0.05, 0.1) is 13.2 Å². The van der Waals surface area contributed by atoms with Crippen LogP contribution in [-0.2, 0) is 11.3 Å². The molecule has 4 nitrogen and oxygen atoms in total. The van der Waals surface area contributed by atoms with Gasteiger partial charge in [-0.1, -0.05) is 37.3 Å². The average molecular weight is 249 g/mol. The van der Waals surface area contributed by atoms with Gasteiger partial charge in [-0.25, -0.2) is 0 Å². The first-order valence-corrected chi connectivity index (χ1v) is 6.26. The fourth-order valence-electron chi connectivity index (χ4n) is 1.56. The highest BCUT2D eigenvalue weighted by molar-refractivity contribution is 5.79. The summed E-state index contributed by atoms with van der Waals surface area (Å²) in [7, 11) is 3.61. The van der Waals surface area contributed by atoms with Gasteiger partial charge in [0.1, 0.15) is 0 Å². The molecule has 0 radical (unpaired) electrons. The van der Waals surface area contributed by atoms with Crippen LogP contribution in [-0.4, -0.2) is 33.2 Å². The van der Waals surface area contributed by atoms with E-state index in [0.717, 1.165) is 19.1 Å². The van der Waals surface area contributed by atoms with Gasteiger partial charge in [0.25, 0.3) is 0 Å². The molecule has 1 aromatic carbocycles. The molecule has 1 atom stereocenters. The van der Waals surface area contributed by atoms with Crippen LogP contribution in [0.1, 0.15) is 12.5 Å². The molecule has 0 aliphatic rings. The van der Waals surface area contributed by atoms with Gasteiger partial charge in [0, 0.05) is 20.6 Å². The summed E-state index contributed by atoms with van der Waals surface area (Å²) >= 11 is 0. The van der Waals surface area contributed by atoms with Gasteiger partial charge in [-0.05, 0) is 11.5 Å². The summed E-state index contributed by atoms with van der Waals surface area (Å²) in [5.41, 5.74) is 1.21. The first kappa shape index (κ1) is 14.5. The normalized spacial score (nSPS) is 13.2. The molecule has 1 aromatic rings. The smallest absolute Gasteiger partial charge is 0.190 e. The fraction of sp³-hybridized carbons (Fsp3) is 0.500. The Morgan fingerprint density at radius 3 is 2.67 bits per heavy atom. The van der Waals surface area contributed by atoms with Crippen LogP contribution in [0, 0.1) is 5.92 Å². The molecule has 1 unspecified atom stereocenters. The molecule has 0 saturated carbocycles. The number of aliphatic imine (C=N–C) groups is 1. The summed E-state index contributed by atoms with van der Waals surface area (Å²) < 4.78 is 5.68. The van der Waals surface area contributed by atoms with Crippen molar-refractivity contribution in [2.45, 2.75) is 13.5 Å². The molecule has 1 rings (SSSR count). The van der Waals surface area contributed by atoms with Crippen LogP contribution in [0.15, 0.2) is 35.3 Å². The maximum absolute atomic E-state index is 5.68. The fourth-order valence-corrected chi connectivity index (χ4v) is 1.56. The Bertz CT molecular complexity index is 351. The molecule has 0 aromatic heterocycles. The van der Waals surface area contributed by atoms with Crippen molar-refractivity contribution >= 4 is 5.96 Å². The monoisotopic (exact) mass is 249 g/mol. The van der Waals surface area contributed by atoms with Crippen molar-refractivity contribution in [3.05, 3.63) is 35.9 Å². The minimum Gasteiger partial charge on any atom is -0.376 e. The Kier molecular flexibility index (Phi) is 6.87. The van der Waals surface area contributed by atoms with E-state index in [4.69, 9.17) is 4.74 Å². The van der Waals surface area contributed by atoms with Gasteiger partial charge in [-0.3, -0.25) is 4.99 Å². The van der Waals surface area contributed by atoms with E-state index in [0.29, 0.717) is 12.5 Å². The second-order valence-corrected chi connectivity index (χ2v) is 4.31. The van der Waals surface area contributed by atoms with Crippen LogP contribution in [0.4, 0.5) is 0 Å². The summed E-state index contributed by atoms with van der Waals surface area (Å²) in [5.74, 6) is 1.25. The summed E-state index contributed by atoms with van der Waals surface area (Å²) in [4.78, 5) is 4.06. The van der Waals surface area contributed by atoms with Crippen LogP contribution in [0.2, 0.25) is 0 Å². The van der Waals surface area contributed by atoms with Gasteiger partial charge < -0.3 is 15.4 Å². The molecule has 0 bridgehead atoms. The molecule has 100 valence electrons. The van der Waals surface area contributed by atoms with E-state index in [1.165, 1.54) is 5.56 Å². The molecule has 0 saturated heterocycles. The lowest BCUT2D eigenvalue weighted by Gasteiger charge is -2.14. The zero-order valence-electron chi connectivity index (χ0n) is 11.4. The van der Waals surface area contributed by atoms with Crippen molar-refractivity contribution in [1.29, 1.82) is 0 Å². The van der Waals surface area contributed by atoms with E-state index >= 15 is 0 Å². The van der Waals surface area contributed by atoms with E-state index in [9.17, 15) is 0 Å². The molecule has 0 heterocycles. The lowest BCUT2D eigenvalue weighted by molar-refractivity contribution is 0.0931. The first-order valence-electron chi connectivity index (χ1n) is 6.26. The minimum atomic E-state index is 0.443. The van der Waals surface area contributed by atoms with Gasteiger partial charge in [-0.15, -0.1) is 0 Å². The molecular weight excluding hydrogens is 226 g/mol. The lowest BCUT2D eigenvalue weighted by atomic mass is 10.2. The molecule has 0 aliphatic heterocycles. The SMILES string of the molecule is CN=C(NC)NCC(C)COCc1ccccc1. The van der Waals surface area contributed by atoms with E-state index in [-0.39, 0.29) is 0 Å². The van der Waals surface area contributed by atoms with Crippen molar-refractivity contribution in [2.24, 2.45) is 10.9 Å². The maximum Gasteiger partial charge on any atom is 0.190 e. The molecule has 0 spiro atoms. The van der Waals surface area contributed by atoms with Crippen LogP contribution < -0.4 is 10.6 Å². The predicted octanol–water partition coefficient (Wildman–Crippen LogP) is 1.63. The van der Waals surface area contributed by atoms with Crippen LogP contribution in [0.5, 0.6) is 0 Å². The number of benzene rings is 1. The van der Waals surface area contributed by atoms with E-state index in [1.54, 1.807) is 7.05 Å². The number of rotatable bonds is 6. The molecule has 0 amide bonds. The number of guanidine groups is 1. The topological polar surface area (TPSA) is 45.7 Å². The molecule has 4 heteroatoms. The third-order valence-electron chi connectivity index (χ3n) is 2.59. The standard InChI is InChI=1S/C14H23N3O/c1-12(9-17-14(15-2)16-3)10-18-11-13-7-5-4-6-8-13/h4-8,12H,9-11H2,1-3H3,(H2,15,16,17). The second kappa shape index (κ2) is 8.53. The summed E-state index contributed by atoms with van der Waals surface area (Å²) in [5, 5.41) is 6.21. The Balaban J connectivity index is 2.16. The van der Waals surface area contributed by atoms with E-state index < -0.39 is 0 Å². The molecule has 18 heavy (non-hydrogen) atoms. The number of nitrogens with one attached hydrogen (secondary N) is 2. The molecular formula is C14H23N3O. The third kappa shape index (κ3) is 5.68. The Labute approximate surface area is 109 Å². The highest BCUT2D eigenvalue weighted by Crippen LogP contribution is 2.02. The summed E-state index contributed by atoms with van der Waals surface area (Å²) in [6, 6.07) is 10.2.